The van der Waals surface area contributed by atoms with Gasteiger partial charge >= 0.3 is 5.97 Å². The molecule has 1 rings (SSSR count). The third-order valence-corrected chi connectivity index (χ3v) is 3.26. The lowest BCUT2D eigenvalue weighted by Crippen LogP contribution is -2.04. The quantitative estimate of drug-likeness (QED) is 0.812. The Morgan fingerprint density at radius 2 is 2.25 bits per heavy atom. The highest BCUT2D eigenvalue weighted by molar-refractivity contribution is 8.13. The van der Waals surface area contributed by atoms with E-state index in [1.54, 1.807) is 0 Å². The molecule has 0 fully saturated rings. The van der Waals surface area contributed by atoms with Gasteiger partial charge < -0.3 is 5.11 Å². The van der Waals surface area contributed by atoms with E-state index in [0.717, 1.165) is 19.0 Å². The Kier molecular flexibility index (Phi) is 3.93. The van der Waals surface area contributed by atoms with Crippen LogP contribution in [0.15, 0.2) is 11.1 Å². The number of carboxylic acid groups (broad SMARTS) is 1. The van der Waals surface area contributed by atoms with Crippen molar-refractivity contribution in [3.63, 3.8) is 0 Å². The van der Waals surface area contributed by atoms with E-state index >= 15 is 0 Å². The van der Waals surface area contributed by atoms with Crippen LogP contribution >= 0.6 is 10.7 Å². The Morgan fingerprint density at radius 1 is 1.62 bits per heavy atom. The third kappa shape index (κ3) is 2.96. The molecule has 16 heavy (non-hydrogen) atoms. The van der Waals surface area contributed by atoms with Gasteiger partial charge in [-0.3, -0.25) is 4.68 Å². The first kappa shape index (κ1) is 13.0. The Labute approximate surface area is 97.3 Å². The lowest BCUT2D eigenvalue weighted by molar-refractivity contribution is 0.0685. The molecule has 8 heteroatoms. The molecule has 0 radical (unpaired) electrons. The normalized spacial score (nSPS) is 11.6. The third-order valence-electron chi connectivity index (χ3n) is 1.93. The molecule has 6 nitrogen and oxygen atoms in total. The predicted molar refractivity (Wildman–Crippen MR) is 57.1 cm³/mol. The van der Waals surface area contributed by atoms with Gasteiger partial charge in [-0.05, 0) is 6.42 Å². The van der Waals surface area contributed by atoms with Crippen LogP contribution in [0.25, 0.3) is 0 Å². The molecule has 0 amide bonds. The second kappa shape index (κ2) is 4.84. The van der Waals surface area contributed by atoms with Crippen molar-refractivity contribution in [1.82, 2.24) is 9.78 Å². The Balaban J connectivity index is 3.16. The fourth-order valence-electron chi connectivity index (χ4n) is 1.16. The van der Waals surface area contributed by atoms with Crippen molar-refractivity contribution in [3.05, 3.63) is 11.9 Å². The number of unbranched alkanes of at least 4 members (excludes halogenated alkanes) is 1. The van der Waals surface area contributed by atoms with Crippen LogP contribution in [0.2, 0.25) is 0 Å². The van der Waals surface area contributed by atoms with Gasteiger partial charge in [0.2, 0.25) is 0 Å². The first-order valence-corrected chi connectivity index (χ1v) is 6.92. The zero-order valence-electron chi connectivity index (χ0n) is 8.55. The molecule has 90 valence electrons. The number of aromatic nitrogens is 2. The molecule has 1 aromatic heterocycles. The minimum Gasteiger partial charge on any atom is -0.476 e. The van der Waals surface area contributed by atoms with Crippen molar-refractivity contribution < 1.29 is 18.3 Å². The van der Waals surface area contributed by atoms with Crippen molar-refractivity contribution in [3.8, 4) is 0 Å². The van der Waals surface area contributed by atoms with Crippen LogP contribution in [-0.4, -0.2) is 29.3 Å². The second-order valence-corrected chi connectivity index (χ2v) is 5.74. The Hall–Kier alpha value is -1.08. The van der Waals surface area contributed by atoms with Crippen molar-refractivity contribution in [2.24, 2.45) is 0 Å². The summed E-state index contributed by atoms with van der Waals surface area (Å²) in [6, 6.07) is 0. The number of carboxylic acids is 1. The molecule has 0 spiro atoms. The van der Waals surface area contributed by atoms with Crippen LogP contribution in [0.3, 0.4) is 0 Å². The number of carbonyl (C=O) groups is 1. The van der Waals surface area contributed by atoms with Crippen LogP contribution < -0.4 is 0 Å². The maximum absolute atomic E-state index is 11.1. The molecule has 0 aliphatic carbocycles. The minimum atomic E-state index is -4.07. The molecule has 0 atom stereocenters. The van der Waals surface area contributed by atoms with E-state index in [4.69, 9.17) is 15.8 Å². The van der Waals surface area contributed by atoms with Gasteiger partial charge in [0.05, 0.1) is 0 Å². The highest BCUT2D eigenvalue weighted by Gasteiger charge is 2.24. The lowest BCUT2D eigenvalue weighted by atomic mass is 10.3. The van der Waals surface area contributed by atoms with Gasteiger partial charge in [0.1, 0.15) is 4.90 Å². The van der Waals surface area contributed by atoms with Crippen LogP contribution in [0.4, 0.5) is 0 Å². The monoisotopic (exact) mass is 266 g/mol. The number of nitrogens with zero attached hydrogens (tertiary/aromatic N) is 2. The summed E-state index contributed by atoms with van der Waals surface area (Å²) in [5, 5.41) is 12.4. The zero-order valence-corrected chi connectivity index (χ0v) is 10.1. The molecule has 0 saturated heterocycles. The summed E-state index contributed by atoms with van der Waals surface area (Å²) < 4.78 is 23.5. The molecule has 0 saturated carbocycles. The van der Waals surface area contributed by atoms with Gasteiger partial charge in [0, 0.05) is 23.4 Å². The van der Waals surface area contributed by atoms with Crippen LogP contribution in [0.5, 0.6) is 0 Å². The summed E-state index contributed by atoms with van der Waals surface area (Å²) >= 11 is 0. The fraction of sp³-hybridized carbons (Fsp3) is 0.500. The van der Waals surface area contributed by atoms with Crippen LogP contribution in [-0.2, 0) is 15.6 Å². The molecule has 0 aromatic carbocycles. The number of halogens is 1. The minimum absolute atomic E-state index is 0.460. The summed E-state index contributed by atoms with van der Waals surface area (Å²) in [6.45, 7) is 2.42. The van der Waals surface area contributed by atoms with E-state index < -0.39 is 25.6 Å². The molecule has 0 bridgehead atoms. The van der Waals surface area contributed by atoms with E-state index in [1.807, 2.05) is 6.92 Å². The summed E-state index contributed by atoms with van der Waals surface area (Å²) in [6.07, 6.45) is 2.81. The maximum Gasteiger partial charge on any atom is 0.357 e. The van der Waals surface area contributed by atoms with Crippen LogP contribution in [0, 0.1) is 0 Å². The molecule has 1 N–H and O–H groups in total. The van der Waals surface area contributed by atoms with Gasteiger partial charge in [-0.15, -0.1) is 0 Å². The van der Waals surface area contributed by atoms with Crippen molar-refractivity contribution in [2.75, 3.05) is 0 Å². The van der Waals surface area contributed by atoms with Crippen molar-refractivity contribution in [1.29, 1.82) is 0 Å². The van der Waals surface area contributed by atoms with Gasteiger partial charge in [-0.2, -0.15) is 5.10 Å². The SMILES string of the molecule is CCCCn1cc(S(=O)(=O)Cl)c(C(=O)O)n1. The average Bonchev–Trinajstić information content (AvgIpc) is 2.58. The van der Waals surface area contributed by atoms with Gasteiger partial charge in [0.15, 0.2) is 5.69 Å². The maximum atomic E-state index is 11.1. The molecule has 0 aliphatic rings. The number of aryl methyl sites for hydroxylation is 1. The summed E-state index contributed by atoms with van der Waals surface area (Å²) in [5.74, 6) is -1.41. The molecule has 0 unspecified atom stereocenters. The summed E-state index contributed by atoms with van der Waals surface area (Å²) in [5.41, 5.74) is -0.536. The molecule has 1 heterocycles. The number of rotatable bonds is 5. The standard InChI is InChI=1S/C8H11ClN2O4S/c1-2-3-4-11-5-6(16(9,14)15)7(10-11)8(12)13/h5H,2-4H2,1H3,(H,12,13). The molecule has 0 aliphatic heterocycles. The van der Waals surface area contributed by atoms with Crippen LogP contribution in [0.1, 0.15) is 30.3 Å². The predicted octanol–water partition coefficient (Wildman–Crippen LogP) is 1.31. The highest BCUT2D eigenvalue weighted by Crippen LogP contribution is 2.19. The van der Waals surface area contributed by atoms with Crippen molar-refractivity contribution in [2.45, 2.75) is 31.2 Å². The average molecular weight is 267 g/mol. The van der Waals surface area contributed by atoms with E-state index in [-0.39, 0.29) is 0 Å². The second-order valence-electron chi connectivity index (χ2n) is 3.20. The smallest absolute Gasteiger partial charge is 0.357 e. The van der Waals surface area contributed by atoms with E-state index in [9.17, 15) is 13.2 Å². The number of hydrogen-bond acceptors (Lipinski definition) is 4. The molecular weight excluding hydrogens is 256 g/mol. The summed E-state index contributed by atoms with van der Waals surface area (Å²) in [4.78, 5) is 10.3. The fourth-order valence-corrected chi connectivity index (χ4v) is 2.11. The largest absolute Gasteiger partial charge is 0.476 e. The van der Waals surface area contributed by atoms with E-state index in [1.165, 1.54) is 4.68 Å². The first-order chi connectivity index (χ1) is 7.36. The highest BCUT2D eigenvalue weighted by atomic mass is 35.7. The summed E-state index contributed by atoms with van der Waals surface area (Å²) in [7, 11) is 1.04. The van der Waals surface area contributed by atoms with E-state index in [0.29, 0.717) is 6.54 Å². The topological polar surface area (TPSA) is 89.3 Å². The first-order valence-electron chi connectivity index (χ1n) is 4.61. The lowest BCUT2D eigenvalue weighted by Gasteiger charge is -1.96. The Bertz CT molecular complexity index is 494. The van der Waals surface area contributed by atoms with Gasteiger partial charge in [-0.25, -0.2) is 13.2 Å². The zero-order chi connectivity index (χ0) is 12.3. The number of aromatic carboxylic acids is 1. The van der Waals surface area contributed by atoms with E-state index in [2.05, 4.69) is 5.10 Å². The Morgan fingerprint density at radius 3 is 2.62 bits per heavy atom. The van der Waals surface area contributed by atoms with Crippen molar-refractivity contribution >= 4 is 25.7 Å². The van der Waals surface area contributed by atoms with Gasteiger partial charge in [0.25, 0.3) is 9.05 Å². The van der Waals surface area contributed by atoms with Gasteiger partial charge in [-0.1, -0.05) is 13.3 Å². The number of hydrogen-bond donors (Lipinski definition) is 1. The molecule has 1 aromatic rings. The molecular formula is C8H11ClN2O4S.